The molecule has 0 spiro atoms. The number of aliphatic hydroxyl groups is 1. The number of nitrogens with zero attached hydrogens (tertiary/aromatic N) is 1. The smallest absolute Gasteiger partial charge is 0.167 e. The molecule has 1 aliphatic heterocycles. The second-order valence-electron chi connectivity index (χ2n) is 3.98. The molecule has 1 saturated heterocycles. The molecule has 0 bridgehead atoms. The Balaban J connectivity index is 1.93. The molecule has 18 heavy (non-hydrogen) atoms. The largest absolute Gasteiger partial charge is 0.482 e. The van der Waals surface area contributed by atoms with Crippen LogP contribution in [0.2, 0.25) is 0 Å². The highest BCUT2D eigenvalue weighted by Gasteiger charge is 2.29. The monoisotopic (exact) mass is 333 g/mol. The minimum absolute atomic E-state index is 0.119. The lowest BCUT2D eigenvalue weighted by Gasteiger charge is -2.15. The maximum absolute atomic E-state index is 13.8. The SMILES string of the molecule is O[C@@H]1COCC1Oc1cc2sc(Br)nc2cc1F. The van der Waals surface area contributed by atoms with Crippen molar-refractivity contribution in [3.05, 3.63) is 21.9 Å². The second kappa shape index (κ2) is 4.73. The first-order chi connectivity index (χ1) is 8.63. The molecule has 1 N–H and O–H groups in total. The van der Waals surface area contributed by atoms with Crippen molar-refractivity contribution < 1.29 is 19.0 Å². The molecule has 2 aromatic rings. The first-order valence-electron chi connectivity index (χ1n) is 5.31. The van der Waals surface area contributed by atoms with Gasteiger partial charge in [-0.15, -0.1) is 11.3 Å². The van der Waals surface area contributed by atoms with E-state index in [0.29, 0.717) is 9.43 Å². The second-order valence-corrected chi connectivity index (χ2v) is 6.28. The summed E-state index contributed by atoms with van der Waals surface area (Å²) in [7, 11) is 0. The average molecular weight is 334 g/mol. The Bertz CT molecular complexity index is 591. The van der Waals surface area contributed by atoms with Crippen LogP contribution < -0.4 is 4.74 Å². The van der Waals surface area contributed by atoms with Crippen molar-refractivity contribution in [1.82, 2.24) is 4.98 Å². The van der Waals surface area contributed by atoms with E-state index < -0.39 is 18.0 Å². The summed E-state index contributed by atoms with van der Waals surface area (Å²) in [4.78, 5) is 4.13. The van der Waals surface area contributed by atoms with Crippen molar-refractivity contribution >= 4 is 37.5 Å². The van der Waals surface area contributed by atoms with Crippen molar-refractivity contribution in [2.45, 2.75) is 12.2 Å². The summed E-state index contributed by atoms with van der Waals surface area (Å²) < 4.78 is 25.8. The molecule has 0 aliphatic carbocycles. The number of aliphatic hydroxyl groups excluding tert-OH is 1. The molecule has 1 aromatic carbocycles. The van der Waals surface area contributed by atoms with Crippen molar-refractivity contribution in [2.75, 3.05) is 13.2 Å². The first-order valence-corrected chi connectivity index (χ1v) is 6.92. The third-order valence-electron chi connectivity index (χ3n) is 2.69. The van der Waals surface area contributed by atoms with E-state index >= 15 is 0 Å². The van der Waals surface area contributed by atoms with Gasteiger partial charge in [0, 0.05) is 12.1 Å². The lowest BCUT2D eigenvalue weighted by atomic mass is 10.2. The molecule has 4 nitrogen and oxygen atoms in total. The van der Waals surface area contributed by atoms with Gasteiger partial charge in [0.1, 0.15) is 6.10 Å². The summed E-state index contributed by atoms with van der Waals surface area (Å²) in [6.07, 6.45) is -1.23. The van der Waals surface area contributed by atoms with Gasteiger partial charge in [-0.3, -0.25) is 0 Å². The van der Waals surface area contributed by atoms with Gasteiger partial charge in [0.15, 0.2) is 21.6 Å². The van der Waals surface area contributed by atoms with Crippen LogP contribution in [0.3, 0.4) is 0 Å². The molecule has 0 amide bonds. The summed E-state index contributed by atoms with van der Waals surface area (Å²) in [6, 6.07) is 2.92. The highest BCUT2D eigenvalue weighted by molar-refractivity contribution is 9.11. The Labute approximate surface area is 114 Å². The predicted molar refractivity (Wildman–Crippen MR) is 68.5 cm³/mol. The van der Waals surface area contributed by atoms with Crippen LogP contribution in [0.15, 0.2) is 16.0 Å². The molecular formula is C11H9BrFNO3S. The van der Waals surface area contributed by atoms with Crippen LogP contribution in [0.4, 0.5) is 4.39 Å². The molecule has 2 heterocycles. The topological polar surface area (TPSA) is 51.6 Å². The Morgan fingerprint density at radius 2 is 2.33 bits per heavy atom. The van der Waals surface area contributed by atoms with E-state index in [1.54, 1.807) is 6.07 Å². The molecule has 1 aromatic heterocycles. The number of ether oxygens (including phenoxy) is 2. The number of rotatable bonds is 2. The minimum atomic E-state index is -0.715. The van der Waals surface area contributed by atoms with E-state index in [-0.39, 0.29) is 19.0 Å². The van der Waals surface area contributed by atoms with Crippen LogP contribution in [0, 0.1) is 5.82 Å². The highest BCUT2D eigenvalue weighted by atomic mass is 79.9. The van der Waals surface area contributed by atoms with Crippen molar-refractivity contribution in [3.8, 4) is 5.75 Å². The zero-order valence-electron chi connectivity index (χ0n) is 9.10. The number of fused-ring (bicyclic) bond motifs is 1. The van der Waals surface area contributed by atoms with Crippen LogP contribution in [-0.4, -0.2) is 35.5 Å². The van der Waals surface area contributed by atoms with Crippen molar-refractivity contribution in [3.63, 3.8) is 0 Å². The predicted octanol–water partition coefficient (Wildman–Crippen LogP) is 2.34. The molecular weight excluding hydrogens is 325 g/mol. The van der Waals surface area contributed by atoms with E-state index in [4.69, 9.17) is 9.47 Å². The fraction of sp³-hybridized carbons (Fsp3) is 0.364. The molecule has 0 radical (unpaired) electrons. The van der Waals surface area contributed by atoms with Crippen LogP contribution in [-0.2, 0) is 4.74 Å². The summed E-state index contributed by atoms with van der Waals surface area (Å²) >= 11 is 4.65. The maximum atomic E-state index is 13.8. The Hall–Kier alpha value is -0.760. The zero-order valence-corrected chi connectivity index (χ0v) is 11.5. The average Bonchev–Trinajstić information content (AvgIpc) is 2.85. The van der Waals surface area contributed by atoms with Crippen LogP contribution in [0.5, 0.6) is 5.75 Å². The van der Waals surface area contributed by atoms with Gasteiger partial charge < -0.3 is 14.6 Å². The van der Waals surface area contributed by atoms with E-state index in [1.165, 1.54) is 17.4 Å². The quantitative estimate of drug-likeness (QED) is 0.916. The minimum Gasteiger partial charge on any atom is -0.482 e. The van der Waals surface area contributed by atoms with Gasteiger partial charge in [0.05, 0.1) is 23.4 Å². The molecule has 1 unspecified atom stereocenters. The van der Waals surface area contributed by atoms with Gasteiger partial charge in [-0.1, -0.05) is 0 Å². The number of aromatic nitrogens is 1. The van der Waals surface area contributed by atoms with Gasteiger partial charge in [0.2, 0.25) is 0 Å². The maximum Gasteiger partial charge on any atom is 0.167 e. The molecule has 96 valence electrons. The molecule has 7 heteroatoms. The summed E-state index contributed by atoms with van der Waals surface area (Å²) in [6.45, 7) is 0.492. The summed E-state index contributed by atoms with van der Waals surface area (Å²) in [5.74, 6) is -0.368. The number of hydrogen-bond donors (Lipinski definition) is 1. The number of benzene rings is 1. The van der Waals surface area contributed by atoms with Gasteiger partial charge in [-0.05, 0) is 15.9 Å². The van der Waals surface area contributed by atoms with Crippen molar-refractivity contribution in [1.29, 1.82) is 0 Å². The van der Waals surface area contributed by atoms with Gasteiger partial charge >= 0.3 is 0 Å². The van der Waals surface area contributed by atoms with E-state index in [1.807, 2.05) is 0 Å². The number of halogens is 2. The third kappa shape index (κ3) is 2.23. The fourth-order valence-corrected chi connectivity index (χ4v) is 3.21. The van der Waals surface area contributed by atoms with Gasteiger partial charge in [0.25, 0.3) is 0 Å². The Kier molecular flexibility index (Phi) is 3.23. The van der Waals surface area contributed by atoms with Crippen LogP contribution in [0.25, 0.3) is 10.2 Å². The van der Waals surface area contributed by atoms with Crippen LogP contribution >= 0.6 is 27.3 Å². The van der Waals surface area contributed by atoms with Crippen molar-refractivity contribution in [2.24, 2.45) is 0 Å². The normalized spacial score (nSPS) is 23.7. The van der Waals surface area contributed by atoms with E-state index in [9.17, 15) is 9.50 Å². The summed E-state index contributed by atoms with van der Waals surface area (Å²) in [5.41, 5.74) is 0.583. The standard InChI is InChI=1S/C11H9BrFNO3S/c12-11-14-6-1-5(13)8(2-10(6)18-11)17-9-4-16-3-7(9)15/h1-2,7,9,15H,3-4H2/t7-,9?/m1/s1. The van der Waals surface area contributed by atoms with E-state index in [0.717, 1.165) is 4.70 Å². The van der Waals surface area contributed by atoms with Gasteiger partial charge in [-0.25, -0.2) is 9.37 Å². The zero-order chi connectivity index (χ0) is 12.7. The number of thiazole rings is 1. The number of hydrogen-bond acceptors (Lipinski definition) is 5. The molecule has 1 aliphatic rings. The molecule has 0 saturated carbocycles. The lowest BCUT2D eigenvalue weighted by Crippen LogP contribution is -2.30. The Morgan fingerprint density at radius 1 is 1.50 bits per heavy atom. The summed E-state index contributed by atoms with van der Waals surface area (Å²) in [5, 5.41) is 9.57. The molecule has 2 atom stereocenters. The van der Waals surface area contributed by atoms with Gasteiger partial charge in [-0.2, -0.15) is 0 Å². The molecule has 1 fully saturated rings. The highest BCUT2D eigenvalue weighted by Crippen LogP contribution is 2.32. The fourth-order valence-electron chi connectivity index (χ4n) is 1.79. The lowest BCUT2D eigenvalue weighted by molar-refractivity contribution is 0.0709. The third-order valence-corrected chi connectivity index (χ3v) is 4.16. The molecule has 3 rings (SSSR count). The first kappa shape index (κ1) is 12.3. The van der Waals surface area contributed by atoms with Crippen LogP contribution in [0.1, 0.15) is 0 Å². The van der Waals surface area contributed by atoms with E-state index in [2.05, 4.69) is 20.9 Å². The Morgan fingerprint density at radius 3 is 3.06 bits per heavy atom.